The van der Waals surface area contributed by atoms with E-state index in [2.05, 4.69) is 4.98 Å². The van der Waals surface area contributed by atoms with Crippen molar-refractivity contribution in [2.24, 2.45) is 11.7 Å². The highest BCUT2D eigenvalue weighted by Crippen LogP contribution is 2.10. The summed E-state index contributed by atoms with van der Waals surface area (Å²) >= 11 is 0. The number of rotatable bonds is 8. The van der Waals surface area contributed by atoms with Crippen molar-refractivity contribution in [2.45, 2.75) is 26.5 Å². The van der Waals surface area contributed by atoms with Crippen LogP contribution in [0.15, 0.2) is 48.8 Å². The Kier molecular flexibility index (Phi) is 6.25. The maximum atomic E-state index is 12.1. The zero-order valence-corrected chi connectivity index (χ0v) is 12.9. The second kappa shape index (κ2) is 8.41. The van der Waals surface area contributed by atoms with Crippen LogP contribution < -0.4 is 5.73 Å². The van der Waals surface area contributed by atoms with E-state index in [0.717, 1.165) is 16.7 Å². The number of nitrogens with zero attached hydrogens (tertiary/aromatic N) is 1. The van der Waals surface area contributed by atoms with Gasteiger partial charge in [-0.25, -0.2) is 0 Å². The van der Waals surface area contributed by atoms with Crippen LogP contribution in [0.2, 0.25) is 0 Å². The molecule has 0 saturated carbocycles. The number of hydrogen-bond donors (Lipinski definition) is 1. The standard InChI is InChI=1S/C18H22N2O2/c1-14(9-17-3-2-8-20-11-17)18(21)13-22-12-16-6-4-15(10-19)5-7-16/h2-8,11,14H,9-10,12-13,19H2,1H3/t14-/m1/s1. The minimum atomic E-state index is -0.0659. The first-order chi connectivity index (χ1) is 10.7. The fraction of sp³-hybridized carbons (Fsp3) is 0.333. The lowest BCUT2D eigenvalue weighted by Crippen LogP contribution is -2.19. The molecule has 0 radical (unpaired) electrons. The fourth-order valence-corrected chi connectivity index (χ4v) is 2.17. The molecule has 22 heavy (non-hydrogen) atoms. The zero-order chi connectivity index (χ0) is 15.8. The molecule has 2 N–H and O–H groups in total. The van der Waals surface area contributed by atoms with Crippen molar-refractivity contribution in [3.05, 3.63) is 65.5 Å². The second-order valence-electron chi connectivity index (χ2n) is 5.45. The highest BCUT2D eigenvalue weighted by Gasteiger charge is 2.13. The molecule has 116 valence electrons. The Balaban J connectivity index is 1.74. The van der Waals surface area contributed by atoms with Crippen molar-refractivity contribution < 1.29 is 9.53 Å². The summed E-state index contributed by atoms with van der Waals surface area (Å²) in [4.78, 5) is 16.1. The Labute approximate surface area is 131 Å². The molecular formula is C18H22N2O2. The summed E-state index contributed by atoms with van der Waals surface area (Å²) in [6.07, 6.45) is 4.22. The molecule has 0 aliphatic rings. The Morgan fingerprint density at radius 2 is 1.91 bits per heavy atom. The van der Waals surface area contributed by atoms with E-state index in [4.69, 9.17) is 10.5 Å². The van der Waals surface area contributed by atoms with E-state index in [0.29, 0.717) is 19.6 Å². The number of pyridine rings is 1. The molecular weight excluding hydrogens is 276 g/mol. The molecule has 0 spiro atoms. The van der Waals surface area contributed by atoms with E-state index < -0.39 is 0 Å². The molecule has 2 rings (SSSR count). The highest BCUT2D eigenvalue weighted by molar-refractivity contribution is 5.82. The average molecular weight is 298 g/mol. The van der Waals surface area contributed by atoms with Crippen molar-refractivity contribution in [1.29, 1.82) is 0 Å². The minimum absolute atomic E-state index is 0.0659. The molecule has 0 aliphatic carbocycles. The molecule has 2 aromatic rings. The normalized spacial score (nSPS) is 12.1. The summed E-state index contributed by atoms with van der Waals surface area (Å²) in [5.41, 5.74) is 8.76. The number of carbonyl (C=O) groups is 1. The van der Waals surface area contributed by atoms with Gasteiger partial charge in [-0.05, 0) is 29.2 Å². The number of carbonyl (C=O) groups excluding carboxylic acids is 1. The predicted molar refractivity (Wildman–Crippen MR) is 86.1 cm³/mol. The molecule has 0 bridgehead atoms. The first-order valence-electron chi connectivity index (χ1n) is 7.46. The molecule has 0 saturated heterocycles. The maximum absolute atomic E-state index is 12.1. The third-order valence-corrected chi connectivity index (χ3v) is 3.59. The van der Waals surface area contributed by atoms with Crippen LogP contribution in [0.4, 0.5) is 0 Å². The van der Waals surface area contributed by atoms with E-state index in [-0.39, 0.29) is 18.3 Å². The summed E-state index contributed by atoms with van der Waals surface area (Å²) in [5.74, 6) is 0.0475. The van der Waals surface area contributed by atoms with Gasteiger partial charge in [-0.15, -0.1) is 0 Å². The van der Waals surface area contributed by atoms with Gasteiger partial charge in [0.1, 0.15) is 6.61 Å². The van der Waals surface area contributed by atoms with Crippen LogP contribution >= 0.6 is 0 Å². The average Bonchev–Trinajstić information content (AvgIpc) is 2.56. The van der Waals surface area contributed by atoms with E-state index in [1.165, 1.54) is 0 Å². The fourth-order valence-electron chi connectivity index (χ4n) is 2.17. The summed E-state index contributed by atoms with van der Waals surface area (Å²) < 4.78 is 5.52. The topological polar surface area (TPSA) is 65.2 Å². The van der Waals surface area contributed by atoms with Gasteiger partial charge in [0, 0.05) is 24.9 Å². The first kappa shape index (κ1) is 16.3. The molecule has 0 unspecified atom stereocenters. The first-order valence-corrected chi connectivity index (χ1v) is 7.46. The van der Waals surface area contributed by atoms with Crippen LogP contribution in [-0.4, -0.2) is 17.4 Å². The van der Waals surface area contributed by atoms with Gasteiger partial charge < -0.3 is 10.5 Å². The molecule has 0 aliphatic heterocycles. The van der Waals surface area contributed by atoms with Gasteiger partial charge in [0.05, 0.1) is 6.61 Å². The number of nitrogens with two attached hydrogens (primary N) is 1. The van der Waals surface area contributed by atoms with Gasteiger partial charge in [0.2, 0.25) is 0 Å². The number of Topliss-reactive ketones (excluding diaryl/α,β-unsaturated/α-hetero) is 1. The van der Waals surface area contributed by atoms with E-state index >= 15 is 0 Å². The van der Waals surface area contributed by atoms with Crippen molar-refractivity contribution in [3.63, 3.8) is 0 Å². The van der Waals surface area contributed by atoms with Crippen molar-refractivity contribution in [3.8, 4) is 0 Å². The largest absolute Gasteiger partial charge is 0.369 e. The van der Waals surface area contributed by atoms with Gasteiger partial charge in [-0.3, -0.25) is 9.78 Å². The van der Waals surface area contributed by atoms with Crippen molar-refractivity contribution in [2.75, 3.05) is 6.61 Å². The zero-order valence-electron chi connectivity index (χ0n) is 12.9. The molecule has 4 heteroatoms. The highest BCUT2D eigenvalue weighted by atomic mass is 16.5. The number of benzene rings is 1. The van der Waals surface area contributed by atoms with Crippen LogP contribution in [0, 0.1) is 5.92 Å². The third-order valence-electron chi connectivity index (χ3n) is 3.59. The number of aromatic nitrogens is 1. The van der Waals surface area contributed by atoms with Crippen LogP contribution in [0.5, 0.6) is 0 Å². The lowest BCUT2D eigenvalue weighted by Gasteiger charge is -2.11. The Morgan fingerprint density at radius 1 is 1.18 bits per heavy atom. The summed E-state index contributed by atoms with van der Waals surface area (Å²) in [6, 6.07) is 11.8. The molecule has 1 aromatic heterocycles. The SMILES string of the molecule is C[C@H](Cc1cccnc1)C(=O)COCc1ccc(CN)cc1. The van der Waals surface area contributed by atoms with Crippen LogP contribution in [0.1, 0.15) is 23.6 Å². The number of hydrogen-bond acceptors (Lipinski definition) is 4. The van der Waals surface area contributed by atoms with Gasteiger partial charge in [-0.1, -0.05) is 37.3 Å². The van der Waals surface area contributed by atoms with Crippen LogP contribution in [-0.2, 0) is 29.1 Å². The van der Waals surface area contributed by atoms with E-state index in [1.54, 1.807) is 12.4 Å². The van der Waals surface area contributed by atoms with Crippen LogP contribution in [0.3, 0.4) is 0 Å². The van der Waals surface area contributed by atoms with Crippen LogP contribution in [0.25, 0.3) is 0 Å². The molecule has 1 aromatic carbocycles. The molecule has 0 fully saturated rings. The Morgan fingerprint density at radius 3 is 2.55 bits per heavy atom. The summed E-state index contributed by atoms with van der Waals surface area (Å²) in [6.45, 7) is 3.04. The third kappa shape index (κ3) is 5.06. The lowest BCUT2D eigenvalue weighted by atomic mass is 9.98. The smallest absolute Gasteiger partial charge is 0.161 e. The van der Waals surface area contributed by atoms with Gasteiger partial charge in [-0.2, -0.15) is 0 Å². The molecule has 4 nitrogen and oxygen atoms in total. The Bertz CT molecular complexity index is 582. The molecule has 1 heterocycles. The Hall–Kier alpha value is -2.04. The van der Waals surface area contributed by atoms with E-state index in [9.17, 15) is 4.79 Å². The van der Waals surface area contributed by atoms with Crippen molar-refractivity contribution in [1.82, 2.24) is 4.98 Å². The predicted octanol–water partition coefficient (Wildman–Crippen LogP) is 2.50. The maximum Gasteiger partial charge on any atom is 0.161 e. The lowest BCUT2D eigenvalue weighted by molar-refractivity contribution is -0.127. The molecule has 0 amide bonds. The molecule has 1 atom stereocenters. The monoisotopic (exact) mass is 298 g/mol. The number of ketones is 1. The second-order valence-corrected chi connectivity index (χ2v) is 5.45. The quantitative estimate of drug-likeness (QED) is 0.813. The van der Waals surface area contributed by atoms with Gasteiger partial charge in [0.15, 0.2) is 5.78 Å². The summed E-state index contributed by atoms with van der Waals surface area (Å²) in [7, 11) is 0. The van der Waals surface area contributed by atoms with Gasteiger partial charge >= 0.3 is 0 Å². The minimum Gasteiger partial charge on any atom is -0.369 e. The van der Waals surface area contributed by atoms with Gasteiger partial charge in [0.25, 0.3) is 0 Å². The van der Waals surface area contributed by atoms with E-state index in [1.807, 2.05) is 43.3 Å². The number of ether oxygens (including phenoxy) is 1. The van der Waals surface area contributed by atoms with Crippen molar-refractivity contribution >= 4 is 5.78 Å². The summed E-state index contributed by atoms with van der Waals surface area (Å²) in [5, 5.41) is 0.